The van der Waals surface area contributed by atoms with Crippen molar-refractivity contribution in [1.29, 1.82) is 0 Å². The summed E-state index contributed by atoms with van der Waals surface area (Å²) >= 11 is 0. The van der Waals surface area contributed by atoms with Crippen molar-refractivity contribution in [2.45, 2.75) is 46.3 Å². The lowest BCUT2D eigenvalue weighted by Crippen LogP contribution is -2.36. The summed E-state index contributed by atoms with van der Waals surface area (Å²) in [5.41, 5.74) is 0.117. The van der Waals surface area contributed by atoms with Crippen LogP contribution in [0.3, 0.4) is 0 Å². The van der Waals surface area contributed by atoms with Crippen LogP contribution in [0.15, 0.2) is 18.3 Å². The van der Waals surface area contributed by atoms with Crippen molar-refractivity contribution in [3.05, 3.63) is 24.1 Å². The Kier molecular flexibility index (Phi) is 4.66. The highest BCUT2D eigenvalue weighted by atomic mass is 19.1. The van der Waals surface area contributed by atoms with Crippen LogP contribution >= 0.6 is 0 Å². The maximum absolute atomic E-state index is 13.0. The van der Waals surface area contributed by atoms with E-state index in [9.17, 15) is 4.39 Å². The molecular formula is C12H19BFNO2. The third-order valence-electron chi connectivity index (χ3n) is 2.70. The van der Waals surface area contributed by atoms with Crippen LogP contribution in [0.4, 0.5) is 4.39 Å². The summed E-state index contributed by atoms with van der Waals surface area (Å²) in [6.45, 7) is 9.81. The summed E-state index contributed by atoms with van der Waals surface area (Å²) in [6.07, 6.45) is 1.38. The van der Waals surface area contributed by atoms with Crippen molar-refractivity contribution in [2.24, 2.45) is 0 Å². The minimum atomic E-state index is -0.564. The molecule has 0 spiro atoms. The van der Waals surface area contributed by atoms with Crippen LogP contribution in [0.2, 0.25) is 0 Å². The van der Waals surface area contributed by atoms with Crippen molar-refractivity contribution in [3.8, 4) is 0 Å². The average molecular weight is 239 g/mol. The molecule has 1 atom stereocenters. The van der Waals surface area contributed by atoms with Crippen molar-refractivity contribution in [3.63, 3.8) is 0 Å². The molecule has 0 bridgehead atoms. The lowest BCUT2D eigenvalue weighted by atomic mass is 9.84. The predicted molar refractivity (Wildman–Crippen MR) is 66.6 cm³/mol. The Morgan fingerprint density at radius 1 is 1.41 bits per heavy atom. The van der Waals surface area contributed by atoms with E-state index in [-0.39, 0.29) is 17.5 Å². The van der Waals surface area contributed by atoms with Gasteiger partial charge >= 0.3 is 7.12 Å². The summed E-state index contributed by atoms with van der Waals surface area (Å²) in [4.78, 5) is 4.03. The maximum atomic E-state index is 13.0. The molecule has 1 aromatic heterocycles. The molecule has 0 radical (unpaired) electrons. The first-order valence-electron chi connectivity index (χ1n) is 5.94. The minimum absolute atomic E-state index is 0.0347. The van der Waals surface area contributed by atoms with E-state index in [2.05, 4.69) is 4.98 Å². The fraction of sp³-hybridized carbons (Fsp3) is 0.583. The van der Waals surface area contributed by atoms with Gasteiger partial charge in [0, 0.05) is 6.20 Å². The van der Waals surface area contributed by atoms with E-state index in [1.807, 2.05) is 34.6 Å². The van der Waals surface area contributed by atoms with Gasteiger partial charge in [-0.2, -0.15) is 0 Å². The second-order valence-corrected chi connectivity index (χ2v) is 4.23. The fourth-order valence-electron chi connectivity index (χ4n) is 1.43. The molecule has 0 amide bonds. The summed E-state index contributed by atoms with van der Waals surface area (Å²) in [5, 5.41) is 0. The quantitative estimate of drug-likeness (QED) is 0.703. The van der Waals surface area contributed by atoms with Gasteiger partial charge < -0.3 is 9.31 Å². The number of aromatic nitrogens is 1. The second kappa shape index (κ2) is 5.60. The average Bonchev–Trinajstić information content (AvgIpc) is 2.56. The van der Waals surface area contributed by atoms with Gasteiger partial charge in [-0.3, -0.25) is 4.98 Å². The smallest absolute Gasteiger partial charge is 0.401 e. The van der Waals surface area contributed by atoms with Gasteiger partial charge in [-0.05, 0) is 32.9 Å². The van der Waals surface area contributed by atoms with E-state index in [1.165, 1.54) is 18.3 Å². The van der Waals surface area contributed by atoms with Crippen LogP contribution in [0, 0.1) is 5.82 Å². The Bertz CT molecular complexity index is 373. The number of pyridine rings is 1. The van der Waals surface area contributed by atoms with Crippen molar-refractivity contribution >= 4 is 12.7 Å². The van der Waals surface area contributed by atoms with Gasteiger partial charge in [0.15, 0.2) is 0 Å². The van der Waals surface area contributed by atoms with Gasteiger partial charge in [0.2, 0.25) is 0 Å². The van der Waals surface area contributed by atoms with E-state index in [4.69, 9.17) is 9.31 Å². The van der Waals surface area contributed by atoms with E-state index in [0.29, 0.717) is 5.59 Å². The first-order chi connectivity index (χ1) is 7.99. The molecule has 94 valence electrons. The van der Waals surface area contributed by atoms with Gasteiger partial charge in [-0.25, -0.2) is 4.39 Å². The lowest BCUT2D eigenvalue weighted by molar-refractivity contribution is 0.0842. The van der Waals surface area contributed by atoms with Crippen molar-refractivity contribution in [2.75, 3.05) is 0 Å². The molecule has 0 aliphatic carbocycles. The third kappa shape index (κ3) is 3.26. The Labute approximate surface area is 102 Å². The SMILES string of the molecule is CC.CC1OB(c2cc(F)ccn2)OC1(C)C. The Morgan fingerprint density at radius 3 is 2.53 bits per heavy atom. The molecule has 1 aliphatic heterocycles. The molecule has 1 unspecified atom stereocenters. The monoisotopic (exact) mass is 239 g/mol. The van der Waals surface area contributed by atoms with Gasteiger partial charge in [-0.15, -0.1) is 0 Å². The van der Waals surface area contributed by atoms with E-state index < -0.39 is 7.12 Å². The molecule has 0 aromatic carbocycles. The number of rotatable bonds is 1. The second-order valence-electron chi connectivity index (χ2n) is 4.23. The molecule has 5 heteroatoms. The molecule has 1 aromatic rings. The van der Waals surface area contributed by atoms with Gasteiger partial charge in [-0.1, -0.05) is 13.8 Å². The Hall–Kier alpha value is -0.935. The number of hydrogen-bond donors (Lipinski definition) is 0. The van der Waals surface area contributed by atoms with Crippen LogP contribution in [-0.2, 0) is 9.31 Å². The highest BCUT2D eigenvalue weighted by Crippen LogP contribution is 2.26. The minimum Gasteiger partial charge on any atom is -0.401 e. The molecule has 2 heterocycles. The van der Waals surface area contributed by atoms with E-state index in [1.54, 1.807) is 0 Å². The molecule has 1 saturated heterocycles. The molecule has 0 saturated carbocycles. The molecule has 2 rings (SSSR count). The van der Waals surface area contributed by atoms with Crippen molar-refractivity contribution in [1.82, 2.24) is 4.98 Å². The maximum Gasteiger partial charge on any atom is 0.514 e. The number of nitrogens with zero attached hydrogens (tertiary/aromatic N) is 1. The third-order valence-corrected chi connectivity index (χ3v) is 2.70. The summed E-state index contributed by atoms with van der Waals surface area (Å²) in [6, 6.07) is 2.63. The molecular weight excluding hydrogens is 220 g/mol. The summed E-state index contributed by atoms with van der Waals surface area (Å²) in [7, 11) is -0.564. The molecule has 1 fully saturated rings. The van der Waals surface area contributed by atoms with Gasteiger partial charge in [0.25, 0.3) is 0 Å². The van der Waals surface area contributed by atoms with E-state index >= 15 is 0 Å². The van der Waals surface area contributed by atoms with Gasteiger partial charge in [0.1, 0.15) is 5.82 Å². The first-order valence-corrected chi connectivity index (χ1v) is 5.94. The normalized spacial score (nSPS) is 22.0. The van der Waals surface area contributed by atoms with E-state index in [0.717, 1.165) is 0 Å². The number of halogens is 1. The molecule has 3 nitrogen and oxygen atoms in total. The zero-order chi connectivity index (χ0) is 13.1. The largest absolute Gasteiger partial charge is 0.514 e. The highest BCUT2D eigenvalue weighted by molar-refractivity contribution is 6.60. The zero-order valence-corrected chi connectivity index (χ0v) is 11.0. The Balaban J connectivity index is 0.000000686. The van der Waals surface area contributed by atoms with Crippen LogP contribution in [0.25, 0.3) is 0 Å². The molecule has 0 N–H and O–H groups in total. The molecule has 17 heavy (non-hydrogen) atoms. The summed E-state index contributed by atoms with van der Waals surface area (Å²) < 4.78 is 24.2. The number of hydrogen-bond acceptors (Lipinski definition) is 3. The highest BCUT2D eigenvalue weighted by Gasteiger charge is 2.44. The van der Waals surface area contributed by atoms with Crippen LogP contribution in [0.1, 0.15) is 34.6 Å². The zero-order valence-electron chi connectivity index (χ0n) is 11.0. The predicted octanol–water partition coefficient (Wildman–Crippen LogP) is 2.16. The van der Waals surface area contributed by atoms with Crippen molar-refractivity contribution < 1.29 is 13.7 Å². The fourth-order valence-corrected chi connectivity index (χ4v) is 1.43. The van der Waals surface area contributed by atoms with Crippen LogP contribution in [0.5, 0.6) is 0 Å². The summed E-state index contributed by atoms with van der Waals surface area (Å²) in [5.74, 6) is -0.329. The standard InChI is InChI=1S/C10H13BFNO2.C2H6/c1-7-10(2,3)15-11(14-7)9-6-8(12)4-5-13-9;1-2/h4-7H,1-3H3;1-2H3. The Morgan fingerprint density at radius 2 is 2.06 bits per heavy atom. The topological polar surface area (TPSA) is 31.4 Å². The first kappa shape index (κ1) is 14.1. The van der Waals surface area contributed by atoms with Crippen LogP contribution < -0.4 is 5.59 Å². The molecule has 1 aliphatic rings. The van der Waals surface area contributed by atoms with Gasteiger partial charge in [0.05, 0.1) is 17.3 Å². The van der Waals surface area contributed by atoms with Crippen LogP contribution in [-0.4, -0.2) is 23.8 Å². The lowest BCUT2D eigenvalue weighted by Gasteiger charge is -2.21.